The van der Waals surface area contributed by atoms with E-state index < -0.39 is 11.0 Å². The second-order valence-corrected chi connectivity index (χ2v) is 3.96. The zero-order chi connectivity index (χ0) is 8.97. The molecule has 1 unspecified atom stereocenters. The maximum absolute atomic E-state index is 10.7. The van der Waals surface area contributed by atoms with Crippen LogP contribution in [-0.4, -0.2) is 10.5 Å². The predicted molar refractivity (Wildman–Crippen MR) is 52.1 cm³/mol. The Kier molecular flexibility index (Phi) is 3.44. The summed E-state index contributed by atoms with van der Waals surface area (Å²) in [6, 6.07) is 8.16. The van der Waals surface area contributed by atoms with Gasteiger partial charge < -0.3 is 0 Å². The van der Waals surface area contributed by atoms with Gasteiger partial charge in [-0.25, -0.2) is 8.93 Å². The molecule has 0 amide bonds. The number of nitrogens with one attached hydrogen (secondary N) is 1. The van der Waals surface area contributed by atoms with Gasteiger partial charge in [-0.1, -0.05) is 29.8 Å². The highest BCUT2D eigenvalue weighted by Crippen LogP contribution is 2.02. The Bertz CT molecular complexity index is 286. The van der Waals surface area contributed by atoms with Gasteiger partial charge in [0.15, 0.2) is 0 Å². The molecule has 1 atom stereocenters. The lowest BCUT2D eigenvalue weighted by Crippen LogP contribution is -2.14. The van der Waals surface area contributed by atoms with Crippen LogP contribution in [0.4, 0.5) is 0 Å². The van der Waals surface area contributed by atoms with Crippen molar-refractivity contribution in [1.82, 2.24) is 4.72 Å². The normalized spacial score (nSPS) is 12.8. The Morgan fingerprint density at radius 1 is 1.50 bits per heavy atom. The Morgan fingerprint density at radius 2 is 2.25 bits per heavy atom. The molecule has 0 aliphatic carbocycles. The summed E-state index contributed by atoms with van der Waals surface area (Å²) in [7, 11) is -0.923. The molecule has 0 saturated carbocycles. The van der Waals surface area contributed by atoms with E-state index in [-0.39, 0.29) is 0 Å². The molecule has 0 saturated heterocycles. The second kappa shape index (κ2) is 4.38. The SMILES string of the molecule is Cc1cccc(CNS(C)=O)c1. The highest BCUT2D eigenvalue weighted by Gasteiger charge is 1.93. The second-order valence-electron chi connectivity index (χ2n) is 2.76. The summed E-state index contributed by atoms with van der Waals surface area (Å²) < 4.78 is 13.6. The highest BCUT2D eigenvalue weighted by atomic mass is 32.2. The van der Waals surface area contributed by atoms with Crippen LogP contribution in [0.1, 0.15) is 11.1 Å². The lowest BCUT2D eigenvalue weighted by atomic mass is 10.1. The Labute approximate surface area is 75.6 Å². The van der Waals surface area contributed by atoms with Crippen molar-refractivity contribution in [2.45, 2.75) is 13.5 Å². The van der Waals surface area contributed by atoms with E-state index >= 15 is 0 Å². The summed E-state index contributed by atoms with van der Waals surface area (Å²) in [6.45, 7) is 2.72. The first-order valence-electron chi connectivity index (χ1n) is 3.81. The fourth-order valence-electron chi connectivity index (χ4n) is 1.01. The van der Waals surface area contributed by atoms with Crippen LogP contribution in [0.3, 0.4) is 0 Å². The van der Waals surface area contributed by atoms with Gasteiger partial charge in [0.25, 0.3) is 0 Å². The van der Waals surface area contributed by atoms with Gasteiger partial charge in [0.2, 0.25) is 0 Å². The van der Waals surface area contributed by atoms with E-state index in [4.69, 9.17) is 0 Å². The van der Waals surface area contributed by atoms with Crippen molar-refractivity contribution >= 4 is 11.0 Å². The average molecular weight is 183 g/mol. The van der Waals surface area contributed by atoms with Crippen LogP contribution in [0.15, 0.2) is 24.3 Å². The molecule has 0 aliphatic heterocycles. The molecule has 1 aromatic rings. The van der Waals surface area contributed by atoms with Crippen LogP contribution in [-0.2, 0) is 17.5 Å². The third-order valence-electron chi connectivity index (χ3n) is 1.56. The number of hydrogen-bond acceptors (Lipinski definition) is 1. The lowest BCUT2D eigenvalue weighted by Gasteiger charge is -2.01. The fourth-order valence-corrected chi connectivity index (χ4v) is 1.38. The molecule has 0 fully saturated rings. The summed E-state index contributed by atoms with van der Waals surface area (Å²) in [6.07, 6.45) is 1.63. The van der Waals surface area contributed by atoms with Crippen LogP contribution in [0.25, 0.3) is 0 Å². The third kappa shape index (κ3) is 3.15. The maximum atomic E-state index is 10.7. The zero-order valence-corrected chi connectivity index (χ0v) is 8.15. The first kappa shape index (κ1) is 9.42. The summed E-state index contributed by atoms with van der Waals surface area (Å²) in [5.41, 5.74) is 2.40. The average Bonchev–Trinajstić information content (AvgIpc) is 2.01. The molecule has 0 aliphatic rings. The van der Waals surface area contributed by atoms with Crippen molar-refractivity contribution in [3.8, 4) is 0 Å². The molecular weight excluding hydrogens is 170 g/mol. The van der Waals surface area contributed by atoms with Gasteiger partial charge in [-0.05, 0) is 12.5 Å². The number of rotatable bonds is 3. The van der Waals surface area contributed by atoms with E-state index in [1.807, 2.05) is 25.1 Å². The molecule has 12 heavy (non-hydrogen) atoms. The summed E-state index contributed by atoms with van der Waals surface area (Å²) in [5.74, 6) is 0. The number of aryl methyl sites for hydroxylation is 1. The van der Waals surface area contributed by atoms with Crippen molar-refractivity contribution in [3.05, 3.63) is 35.4 Å². The minimum Gasteiger partial charge on any atom is -0.243 e. The van der Waals surface area contributed by atoms with E-state index in [0.29, 0.717) is 6.54 Å². The van der Waals surface area contributed by atoms with Gasteiger partial charge in [0.05, 0.1) is 11.0 Å². The van der Waals surface area contributed by atoms with Crippen molar-refractivity contribution in [2.24, 2.45) is 0 Å². The van der Waals surface area contributed by atoms with Crippen LogP contribution >= 0.6 is 0 Å². The van der Waals surface area contributed by atoms with Crippen LogP contribution in [0.5, 0.6) is 0 Å². The minimum atomic E-state index is -0.923. The Balaban J connectivity index is 2.57. The van der Waals surface area contributed by atoms with Gasteiger partial charge in [0.1, 0.15) is 0 Å². The van der Waals surface area contributed by atoms with E-state index in [2.05, 4.69) is 10.8 Å². The molecule has 1 aromatic carbocycles. The van der Waals surface area contributed by atoms with Crippen molar-refractivity contribution in [3.63, 3.8) is 0 Å². The molecular formula is C9H13NOS. The maximum Gasteiger partial charge on any atom is 0.0886 e. The fraction of sp³-hybridized carbons (Fsp3) is 0.333. The molecule has 1 N–H and O–H groups in total. The minimum absolute atomic E-state index is 0.671. The Morgan fingerprint density at radius 3 is 2.83 bits per heavy atom. The van der Waals surface area contributed by atoms with Crippen LogP contribution in [0.2, 0.25) is 0 Å². The van der Waals surface area contributed by atoms with E-state index in [0.717, 1.165) is 0 Å². The molecule has 0 spiro atoms. The first-order valence-corrected chi connectivity index (χ1v) is 5.37. The third-order valence-corrected chi connectivity index (χ3v) is 2.11. The monoisotopic (exact) mass is 183 g/mol. The topological polar surface area (TPSA) is 29.1 Å². The van der Waals surface area contributed by atoms with Crippen molar-refractivity contribution in [1.29, 1.82) is 0 Å². The molecule has 66 valence electrons. The van der Waals surface area contributed by atoms with Gasteiger partial charge in [0, 0.05) is 12.8 Å². The smallest absolute Gasteiger partial charge is 0.0886 e. The zero-order valence-electron chi connectivity index (χ0n) is 7.33. The highest BCUT2D eigenvalue weighted by molar-refractivity contribution is 7.82. The number of hydrogen-bond donors (Lipinski definition) is 1. The van der Waals surface area contributed by atoms with Gasteiger partial charge in [-0.2, -0.15) is 0 Å². The molecule has 0 bridgehead atoms. The lowest BCUT2D eigenvalue weighted by molar-refractivity contribution is 0.676. The summed E-state index contributed by atoms with van der Waals surface area (Å²) in [5, 5.41) is 0. The molecule has 2 nitrogen and oxygen atoms in total. The van der Waals surface area contributed by atoms with E-state index in [1.54, 1.807) is 6.26 Å². The first-order chi connectivity index (χ1) is 5.68. The number of benzene rings is 1. The van der Waals surface area contributed by atoms with Crippen LogP contribution in [0, 0.1) is 6.92 Å². The molecule has 0 radical (unpaired) electrons. The van der Waals surface area contributed by atoms with Gasteiger partial charge >= 0.3 is 0 Å². The summed E-state index contributed by atoms with van der Waals surface area (Å²) >= 11 is 0. The molecule has 0 heterocycles. The van der Waals surface area contributed by atoms with Crippen LogP contribution < -0.4 is 4.72 Å². The van der Waals surface area contributed by atoms with Crippen molar-refractivity contribution < 1.29 is 4.21 Å². The molecule has 1 rings (SSSR count). The standard InChI is InChI=1S/C9H13NOS/c1-8-4-3-5-9(6-8)7-10-12(2)11/h3-6,10H,7H2,1-2H3. The largest absolute Gasteiger partial charge is 0.243 e. The quantitative estimate of drug-likeness (QED) is 0.753. The predicted octanol–water partition coefficient (Wildman–Crippen LogP) is 1.38. The van der Waals surface area contributed by atoms with E-state index in [9.17, 15) is 4.21 Å². The van der Waals surface area contributed by atoms with Gasteiger partial charge in [-0.15, -0.1) is 0 Å². The van der Waals surface area contributed by atoms with Gasteiger partial charge in [-0.3, -0.25) is 0 Å². The Hall–Kier alpha value is -0.670. The van der Waals surface area contributed by atoms with E-state index in [1.165, 1.54) is 11.1 Å². The summed E-state index contributed by atoms with van der Waals surface area (Å²) in [4.78, 5) is 0. The molecule has 0 aromatic heterocycles. The van der Waals surface area contributed by atoms with Crippen molar-refractivity contribution in [2.75, 3.05) is 6.26 Å². The molecule has 3 heteroatoms.